The number of rotatable bonds is 5. The Kier molecular flexibility index (Phi) is 5.37. The van der Waals surface area contributed by atoms with Gasteiger partial charge in [0.1, 0.15) is 12.6 Å². The maximum Gasteiger partial charge on any atom is 0.323 e. The van der Waals surface area contributed by atoms with Crippen LogP contribution in [0.4, 0.5) is 0 Å². The second-order valence-corrected chi connectivity index (χ2v) is 2.83. The molecule has 3 nitrogen and oxygen atoms in total. The van der Waals surface area contributed by atoms with Crippen molar-refractivity contribution in [2.45, 2.75) is 26.3 Å². The molecule has 0 bridgehead atoms. The van der Waals surface area contributed by atoms with Gasteiger partial charge in [0.2, 0.25) is 0 Å². The van der Waals surface area contributed by atoms with Crippen LogP contribution in [-0.4, -0.2) is 18.6 Å². The van der Waals surface area contributed by atoms with E-state index in [2.05, 4.69) is 6.58 Å². The van der Waals surface area contributed by atoms with Crippen molar-refractivity contribution in [2.24, 2.45) is 11.7 Å². The van der Waals surface area contributed by atoms with E-state index in [1.165, 1.54) is 6.08 Å². The number of ether oxygens (including phenoxy) is 1. The molecule has 0 rings (SSSR count). The average molecular weight is 171 g/mol. The van der Waals surface area contributed by atoms with Crippen molar-refractivity contribution in [3.63, 3.8) is 0 Å². The van der Waals surface area contributed by atoms with Gasteiger partial charge in [-0.2, -0.15) is 0 Å². The first-order valence-corrected chi connectivity index (χ1v) is 4.16. The highest BCUT2D eigenvalue weighted by atomic mass is 16.5. The van der Waals surface area contributed by atoms with Crippen LogP contribution in [0.5, 0.6) is 0 Å². The third-order valence-corrected chi connectivity index (χ3v) is 1.87. The van der Waals surface area contributed by atoms with Gasteiger partial charge in [0.25, 0.3) is 0 Å². The summed E-state index contributed by atoms with van der Waals surface area (Å²) in [7, 11) is 0. The van der Waals surface area contributed by atoms with E-state index >= 15 is 0 Å². The van der Waals surface area contributed by atoms with Gasteiger partial charge >= 0.3 is 5.97 Å². The normalized spacial score (nSPS) is 14.9. The molecule has 0 aromatic rings. The van der Waals surface area contributed by atoms with Crippen LogP contribution in [0.2, 0.25) is 0 Å². The maximum atomic E-state index is 11.1. The van der Waals surface area contributed by atoms with E-state index in [1.807, 2.05) is 13.8 Å². The van der Waals surface area contributed by atoms with E-state index in [0.717, 1.165) is 6.42 Å². The fourth-order valence-corrected chi connectivity index (χ4v) is 0.724. The Labute approximate surface area is 73.6 Å². The van der Waals surface area contributed by atoms with Crippen molar-refractivity contribution < 1.29 is 9.53 Å². The van der Waals surface area contributed by atoms with E-state index in [4.69, 9.17) is 10.5 Å². The van der Waals surface area contributed by atoms with Gasteiger partial charge in [-0.25, -0.2) is 0 Å². The standard InChI is InChI=1S/C9H17NO2/c1-4-6-12-9(11)8(10)7(3)5-2/h4,7-8H,1,5-6,10H2,2-3H3/t7-,8+/m1/s1. The fraction of sp³-hybridized carbons (Fsp3) is 0.667. The summed E-state index contributed by atoms with van der Waals surface area (Å²) in [5, 5.41) is 0. The van der Waals surface area contributed by atoms with Gasteiger partial charge in [-0.1, -0.05) is 32.9 Å². The van der Waals surface area contributed by atoms with Crippen molar-refractivity contribution in [3.05, 3.63) is 12.7 Å². The molecular weight excluding hydrogens is 154 g/mol. The van der Waals surface area contributed by atoms with Crippen LogP contribution in [0, 0.1) is 5.92 Å². The lowest BCUT2D eigenvalue weighted by atomic mass is 10.0. The molecule has 0 heterocycles. The average Bonchev–Trinajstić information content (AvgIpc) is 2.11. The third kappa shape index (κ3) is 3.53. The Morgan fingerprint density at radius 3 is 2.75 bits per heavy atom. The predicted molar refractivity (Wildman–Crippen MR) is 48.6 cm³/mol. The van der Waals surface area contributed by atoms with Gasteiger partial charge in [0.15, 0.2) is 0 Å². The van der Waals surface area contributed by atoms with Gasteiger partial charge in [-0.15, -0.1) is 0 Å². The van der Waals surface area contributed by atoms with Crippen molar-refractivity contribution >= 4 is 5.97 Å². The fourth-order valence-electron chi connectivity index (χ4n) is 0.724. The first-order chi connectivity index (χ1) is 5.63. The van der Waals surface area contributed by atoms with Crippen LogP contribution < -0.4 is 5.73 Å². The number of carbonyl (C=O) groups is 1. The molecule has 0 aliphatic heterocycles. The van der Waals surface area contributed by atoms with Crippen LogP contribution in [0.25, 0.3) is 0 Å². The van der Waals surface area contributed by atoms with Crippen molar-refractivity contribution in [3.8, 4) is 0 Å². The Morgan fingerprint density at radius 2 is 2.33 bits per heavy atom. The molecule has 0 radical (unpaired) electrons. The number of hydrogen-bond donors (Lipinski definition) is 1. The van der Waals surface area contributed by atoms with Gasteiger partial charge < -0.3 is 10.5 Å². The summed E-state index contributed by atoms with van der Waals surface area (Å²) in [5.41, 5.74) is 5.60. The molecule has 0 amide bonds. The summed E-state index contributed by atoms with van der Waals surface area (Å²) in [6, 6.07) is -0.505. The van der Waals surface area contributed by atoms with Gasteiger partial charge in [-0.3, -0.25) is 4.79 Å². The highest BCUT2D eigenvalue weighted by Gasteiger charge is 2.19. The van der Waals surface area contributed by atoms with Crippen LogP contribution in [0.3, 0.4) is 0 Å². The highest BCUT2D eigenvalue weighted by molar-refractivity contribution is 5.75. The zero-order valence-corrected chi connectivity index (χ0v) is 7.75. The molecule has 0 saturated carbocycles. The summed E-state index contributed by atoms with van der Waals surface area (Å²) in [6.07, 6.45) is 2.41. The molecule has 70 valence electrons. The molecule has 0 saturated heterocycles. The Bertz CT molecular complexity index is 157. The number of esters is 1. The van der Waals surface area contributed by atoms with Crippen molar-refractivity contribution in [2.75, 3.05) is 6.61 Å². The summed E-state index contributed by atoms with van der Waals surface area (Å²) >= 11 is 0. The molecule has 0 aliphatic carbocycles. The zero-order valence-electron chi connectivity index (χ0n) is 7.75. The molecule has 3 heteroatoms. The summed E-state index contributed by atoms with van der Waals surface area (Å²) in [6.45, 7) is 7.60. The van der Waals surface area contributed by atoms with E-state index in [9.17, 15) is 4.79 Å². The quantitative estimate of drug-likeness (QED) is 0.497. The number of hydrogen-bond acceptors (Lipinski definition) is 3. The molecule has 0 aromatic carbocycles. The lowest BCUT2D eigenvalue weighted by Gasteiger charge is -2.15. The van der Waals surface area contributed by atoms with Crippen LogP contribution in [0.1, 0.15) is 20.3 Å². The van der Waals surface area contributed by atoms with Crippen LogP contribution >= 0.6 is 0 Å². The first-order valence-electron chi connectivity index (χ1n) is 4.16. The molecule has 0 spiro atoms. The van der Waals surface area contributed by atoms with Crippen molar-refractivity contribution in [1.82, 2.24) is 0 Å². The molecular formula is C9H17NO2. The summed E-state index contributed by atoms with van der Waals surface area (Å²) in [5.74, 6) is -0.174. The predicted octanol–water partition coefficient (Wildman–Crippen LogP) is 1.09. The third-order valence-electron chi connectivity index (χ3n) is 1.87. The van der Waals surface area contributed by atoms with Crippen molar-refractivity contribution in [1.29, 1.82) is 0 Å². The second kappa shape index (κ2) is 5.77. The molecule has 2 N–H and O–H groups in total. The highest BCUT2D eigenvalue weighted by Crippen LogP contribution is 2.06. The topological polar surface area (TPSA) is 52.3 Å². The molecule has 0 fully saturated rings. The van der Waals surface area contributed by atoms with Gasteiger partial charge in [0, 0.05) is 0 Å². The largest absolute Gasteiger partial charge is 0.460 e. The maximum absolute atomic E-state index is 11.1. The summed E-state index contributed by atoms with van der Waals surface area (Å²) < 4.78 is 4.79. The Morgan fingerprint density at radius 1 is 1.75 bits per heavy atom. The minimum atomic E-state index is -0.505. The van der Waals surface area contributed by atoms with E-state index in [0.29, 0.717) is 0 Å². The number of nitrogens with two attached hydrogens (primary N) is 1. The summed E-state index contributed by atoms with van der Waals surface area (Å²) in [4.78, 5) is 11.1. The van der Waals surface area contributed by atoms with Gasteiger partial charge in [-0.05, 0) is 5.92 Å². The SMILES string of the molecule is C=CCOC(=O)[C@@H](N)[C@H](C)CC. The molecule has 2 atom stereocenters. The van der Waals surface area contributed by atoms with Gasteiger partial charge in [0.05, 0.1) is 0 Å². The molecule has 0 unspecified atom stereocenters. The smallest absolute Gasteiger partial charge is 0.323 e. The van der Waals surface area contributed by atoms with E-state index in [1.54, 1.807) is 0 Å². The Balaban J connectivity index is 3.83. The number of carbonyl (C=O) groups excluding carboxylic acids is 1. The lowest BCUT2D eigenvalue weighted by molar-refractivity contribution is -0.145. The minimum absolute atomic E-state index is 0.169. The van der Waals surface area contributed by atoms with E-state index in [-0.39, 0.29) is 18.5 Å². The minimum Gasteiger partial charge on any atom is -0.460 e. The Hall–Kier alpha value is -0.830. The second-order valence-electron chi connectivity index (χ2n) is 2.83. The molecule has 12 heavy (non-hydrogen) atoms. The van der Waals surface area contributed by atoms with Crippen LogP contribution in [-0.2, 0) is 9.53 Å². The van der Waals surface area contributed by atoms with Crippen LogP contribution in [0.15, 0.2) is 12.7 Å². The first kappa shape index (κ1) is 11.2. The lowest BCUT2D eigenvalue weighted by Crippen LogP contribution is -2.38. The zero-order chi connectivity index (χ0) is 9.56. The monoisotopic (exact) mass is 171 g/mol. The molecule has 0 aliphatic rings. The molecule has 0 aromatic heterocycles. The van der Waals surface area contributed by atoms with E-state index < -0.39 is 6.04 Å².